The van der Waals surface area contributed by atoms with Crippen molar-refractivity contribution in [2.75, 3.05) is 5.73 Å². The first-order chi connectivity index (χ1) is 10.7. The molecule has 2 aromatic carbocycles. The maximum absolute atomic E-state index is 12.5. The summed E-state index contributed by atoms with van der Waals surface area (Å²) in [6, 6.07) is 13.4. The van der Waals surface area contributed by atoms with Gasteiger partial charge in [-0.3, -0.25) is 9.36 Å². The molecule has 0 amide bonds. The molecule has 0 aliphatic heterocycles. The summed E-state index contributed by atoms with van der Waals surface area (Å²) in [7, 11) is 0. The first-order valence-electron chi connectivity index (χ1n) is 7.03. The van der Waals surface area contributed by atoms with Crippen molar-refractivity contribution < 1.29 is 4.79 Å². The molecule has 5 heteroatoms. The highest BCUT2D eigenvalue weighted by atomic mass is 16.2. The summed E-state index contributed by atoms with van der Waals surface area (Å²) in [6.07, 6.45) is 3.75. The molecule has 2 heterocycles. The Bertz CT molecular complexity index is 996. The summed E-state index contributed by atoms with van der Waals surface area (Å²) >= 11 is 0. The lowest BCUT2D eigenvalue weighted by Crippen LogP contribution is -2.12. The predicted octanol–water partition coefficient (Wildman–Crippen LogP) is 2.98. The molecule has 0 saturated carbocycles. The highest BCUT2D eigenvalue weighted by Gasteiger charge is 2.12. The molecule has 0 unspecified atom stereocenters. The number of nitrogens with zero attached hydrogens (tertiary/aromatic N) is 2. The molecule has 0 bridgehead atoms. The molecule has 5 nitrogen and oxygen atoms in total. The molecule has 4 aromatic rings. The van der Waals surface area contributed by atoms with Crippen molar-refractivity contribution in [3.8, 4) is 0 Å². The molecule has 0 aliphatic carbocycles. The van der Waals surface area contributed by atoms with Crippen LogP contribution in [0.4, 0.5) is 5.69 Å². The molecule has 0 atom stereocenters. The van der Waals surface area contributed by atoms with Gasteiger partial charge in [0.25, 0.3) is 0 Å². The summed E-state index contributed by atoms with van der Waals surface area (Å²) in [5.74, 6) is -0.0250. The van der Waals surface area contributed by atoms with Crippen molar-refractivity contribution in [1.82, 2.24) is 14.5 Å². The van der Waals surface area contributed by atoms with Crippen LogP contribution in [-0.4, -0.2) is 20.4 Å². The summed E-state index contributed by atoms with van der Waals surface area (Å²) in [6.45, 7) is 0. The van der Waals surface area contributed by atoms with Gasteiger partial charge in [-0.05, 0) is 41.3 Å². The number of aromatic amines is 1. The van der Waals surface area contributed by atoms with E-state index in [1.165, 1.54) is 6.33 Å². The minimum atomic E-state index is -0.0250. The second-order valence-corrected chi connectivity index (χ2v) is 5.30. The zero-order chi connectivity index (χ0) is 15.1. The van der Waals surface area contributed by atoms with E-state index in [0.29, 0.717) is 17.6 Å². The normalized spacial score (nSPS) is 11.3. The molecular weight excluding hydrogens is 276 g/mol. The lowest BCUT2D eigenvalue weighted by atomic mass is 10.1. The van der Waals surface area contributed by atoms with E-state index in [4.69, 9.17) is 5.73 Å². The summed E-state index contributed by atoms with van der Waals surface area (Å²) in [4.78, 5) is 19.9. The maximum Gasteiger partial charge on any atom is 0.236 e. The van der Waals surface area contributed by atoms with Gasteiger partial charge in [0.1, 0.15) is 11.8 Å². The van der Waals surface area contributed by atoms with Crippen LogP contribution >= 0.6 is 0 Å². The van der Waals surface area contributed by atoms with Gasteiger partial charge in [-0.25, -0.2) is 4.98 Å². The lowest BCUT2D eigenvalue weighted by Gasteiger charge is -2.04. The Labute approximate surface area is 126 Å². The standard InChI is InChI=1S/C17H14N4O/c18-13-2-1-3-15-17(13)20-10-21(15)16(22)9-11-4-5-14-12(8-11)6-7-19-14/h1-8,10,19H,9,18H2. The number of aromatic nitrogens is 3. The Morgan fingerprint density at radius 1 is 1.23 bits per heavy atom. The van der Waals surface area contributed by atoms with Crippen LogP contribution in [0.3, 0.4) is 0 Å². The molecule has 0 fully saturated rings. The van der Waals surface area contributed by atoms with Gasteiger partial charge in [-0.2, -0.15) is 0 Å². The highest BCUT2D eigenvalue weighted by molar-refractivity contribution is 5.96. The summed E-state index contributed by atoms with van der Waals surface area (Å²) < 4.78 is 1.56. The average Bonchev–Trinajstić information content (AvgIpc) is 3.13. The third-order valence-corrected chi connectivity index (χ3v) is 3.85. The number of nitrogen functional groups attached to an aromatic ring is 1. The number of hydrogen-bond donors (Lipinski definition) is 2. The molecule has 0 radical (unpaired) electrons. The van der Waals surface area contributed by atoms with Gasteiger partial charge < -0.3 is 10.7 Å². The van der Waals surface area contributed by atoms with Crippen molar-refractivity contribution >= 4 is 33.5 Å². The molecule has 2 aromatic heterocycles. The van der Waals surface area contributed by atoms with Crippen molar-refractivity contribution in [2.24, 2.45) is 0 Å². The van der Waals surface area contributed by atoms with E-state index < -0.39 is 0 Å². The maximum atomic E-state index is 12.5. The van der Waals surface area contributed by atoms with E-state index in [1.54, 1.807) is 10.6 Å². The minimum Gasteiger partial charge on any atom is -0.397 e. The van der Waals surface area contributed by atoms with Crippen LogP contribution in [0.15, 0.2) is 55.0 Å². The summed E-state index contributed by atoms with van der Waals surface area (Å²) in [5, 5.41) is 1.10. The van der Waals surface area contributed by atoms with Crippen molar-refractivity contribution in [3.63, 3.8) is 0 Å². The number of carbonyl (C=O) groups is 1. The number of benzene rings is 2. The Balaban J connectivity index is 1.69. The van der Waals surface area contributed by atoms with Crippen LogP contribution in [0.5, 0.6) is 0 Å². The SMILES string of the molecule is Nc1cccc2c1ncn2C(=O)Cc1ccc2[nH]ccc2c1. The van der Waals surface area contributed by atoms with E-state index in [2.05, 4.69) is 9.97 Å². The van der Waals surface area contributed by atoms with E-state index in [9.17, 15) is 4.79 Å². The Morgan fingerprint density at radius 3 is 3.05 bits per heavy atom. The third-order valence-electron chi connectivity index (χ3n) is 3.85. The molecule has 0 aliphatic rings. The molecule has 3 N–H and O–H groups in total. The number of fused-ring (bicyclic) bond motifs is 2. The Hall–Kier alpha value is -3.08. The van der Waals surface area contributed by atoms with Crippen LogP contribution in [0, 0.1) is 0 Å². The van der Waals surface area contributed by atoms with Crippen LogP contribution in [0.25, 0.3) is 21.9 Å². The van der Waals surface area contributed by atoms with Gasteiger partial charge in [0, 0.05) is 11.7 Å². The fourth-order valence-corrected chi connectivity index (χ4v) is 2.73. The van der Waals surface area contributed by atoms with Crippen LogP contribution in [0.2, 0.25) is 0 Å². The number of nitrogens with two attached hydrogens (primary N) is 1. The van der Waals surface area contributed by atoms with E-state index in [-0.39, 0.29) is 5.91 Å². The fraction of sp³-hybridized carbons (Fsp3) is 0.0588. The number of rotatable bonds is 2. The quantitative estimate of drug-likeness (QED) is 0.557. The van der Waals surface area contributed by atoms with Crippen molar-refractivity contribution in [2.45, 2.75) is 6.42 Å². The molecule has 4 rings (SSSR count). The first kappa shape index (κ1) is 12.6. The molecular formula is C17H14N4O. The summed E-state index contributed by atoms with van der Waals surface area (Å²) in [5.41, 5.74) is 9.91. The molecule has 22 heavy (non-hydrogen) atoms. The lowest BCUT2D eigenvalue weighted by molar-refractivity contribution is 0.0919. The monoisotopic (exact) mass is 290 g/mol. The largest absolute Gasteiger partial charge is 0.397 e. The topological polar surface area (TPSA) is 76.7 Å². The first-order valence-corrected chi connectivity index (χ1v) is 7.03. The van der Waals surface area contributed by atoms with Gasteiger partial charge in [0.05, 0.1) is 17.6 Å². The third kappa shape index (κ3) is 1.95. The van der Waals surface area contributed by atoms with Crippen LogP contribution < -0.4 is 5.73 Å². The Kier molecular flexibility index (Phi) is 2.72. The van der Waals surface area contributed by atoms with E-state index in [0.717, 1.165) is 22.0 Å². The fourth-order valence-electron chi connectivity index (χ4n) is 2.73. The number of para-hydroxylation sites is 1. The average molecular weight is 290 g/mol. The second kappa shape index (κ2) is 4.73. The highest BCUT2D eigenvalue weighted by Crippen LogP contribution is 2.20. The van der Waals surface area contributed by atoms with E-state index >= 15 is 0 Å². The number of carbonyl (C=O) groups excluding carboxylic acids is 1. The van der Waals surface area contributed by atoms with Gasteiger partial charge in [0.15, 0.2) is 0 Å². The predicted molar refractivity (Wildman–Crippen MR) is 86.8 cm³/mol. The zero-order valence-electron chi connectivity index (χ0n) is 11.8. The Morgan fingerprint density at radius 2 is 2.14 bits per heavy atom. The van der Waals surface area contributed by atoms with Gasteiger partial charge in [-0.15, -0.1) is 0 Å². The smallest absolute Gasteiger partial charge is 0.236 e. The number of imidazole rings is 1. The van der Waals surface area contributed by atoms with Gasteiger partial charge in [0.2, 0.25) is 5.91 Å². The van der Waals surface area contributed by atoms with Crippen LogP contribution in [-0.2, 0) is 6.42 Å². The van der Waals surface area contributed by atoms with Gasteiger partial charge >= 0.3 is 0 Å². The molecule has 108 valence electrons. The minimum absolute atomic E-state index is 0.0250. The van der Waals surface area contributed by atoms with E-state index in [1.807, 2.05) is 42.6 Å². The number of nitrogens with one attached hydrogen (secondary N) is 1. The van der Waals surface area contributed by atoms with Gasteiger partial charge in [-0.1, -0.05) is 12.1 Å². The van der Waals surface area contributed by atoms with Crippen molar-refractivity contribution in [3.05, 3.63) is 60.6 Å². The zero-order valence-corrected chi connectivity index (χ0v) is 11.8. The number of H-pyrrole nitrogens is 1. The van der Waals surface area contributed by atoms with Crippen molar-refractivity contribution in [1.29, 1.82) is 0 Å². The molecule has 0 saturated heterocycles. The second-order valence-electron chi connectivity index (χ2n) is 5.30. The van der Waals surface area contributed by atoms with Crippen LogP contribution in [0.1, 0.15) is 10.4 Å². The molecule has 0 spiro atoms. The number of hydrogen-bond acceptors (Lipinski definition) is 3. The number of anilines is 1.